The van der Waals surface area contributed by atoms with Crippen LogP contribution < -0.4 is 5.32 Å². The number of nitrogens with one attached hydrogen (secondary N) is 1. The molecule has 1 rings (SSSR count). The van der Waals surface area contributed by atoms with E-state index in [1.165, 1.54) is 6.07 Å². The minimum absolute atomic E-state index is 0.125. The number of hydrogen-bond donors (Lipinski definition) is 2. The molecule has 1 aromatic carbocycles. The molecule has 4 nitrogen and oxygen atoms in total. The summed E-state index contributed by atoms with van der Waals surface area (Å²) >= 11 is 11.7. The molecule has 98 valence electrons. The minimum atomic E-state index is -0.959. The summed E-state index contributed by atoms with van der Waals surface area (Å²) in [5.41, 5.74) is 0.244. The van der Waals surface area contributed by atoms with Gasteiger partial charge in [-0.3, -0.25) is 9.59 Å². The van der Waals surface area contributed by atoms with Crippen molar-refractivity contribution in [1.29, 1.82) is 0 Å². The lowest BCUT2D eigenvalue weighted by atomic mass is 10.1. The van der Waals surface area contributed by atoms with E-state index in [-0.39, 0.29) is 22.0 Å². The molecule has 0 fully saturated rings. The van der Waals surface area contributed by atoms with Gasteiger partial charge in [0.15, 0.2) is 0 Å². The number of halogens is 2. The molecule has 6 heteroatoms. The number of carboxylic acids is 1. The lowest BCUT2D eigenvalue weighted by molar-refractivity contribution is -0.137. The Morgan fingerprint density at radius 2 is 2.06 bits per heavy atom. The van der Waals surface area contributed by atoms with Gasteiger partial charge in [0, 0.05) is 6.04 Å². The van der Waals surface area contributed by atoms with Crippen LogP contribution in [-0.2, 0) is 4.79 Å². The van der Waals surface area contributed by atoms with E-state index < -0.39 is 17.9 Å². The zero-order valence-electron chi connectivity index (χ0n) is 9.74. The Hall–Kier alpha value is -1.26. The molecule has 1 amide bonds. The van der Waals surface area contributed by atoms with E-state index in [9.17, 15) is 9.59 Å². The predicted molar refractivity (Wildman–Crippen MR) is 70.3 cm³/mol. The van der Waals surface area contributed by atoms with Gasteiger partial charge >= 0.3 is 5.97 Å². The smallest absolute Gasteiger partial charge is 0.305 e. The number of hydrogen-bond acceptors (Lipinski definition) is 2. The summed E-state index contributed by atoms with van der Waals surface area (Å²) in [4.78, 5) is 22.5. The van der Waals surface area contributed by atoms with Crippen molar-refractivity contribution < 1.29 is 14.7 Å². The second kappa shape index (κ2) is 6.61. The Morgan fingerprint density at radius 3 is 2.61 bits per heavy atom. The molecular formula is C12H13Cl2NO3. The molecule has 0 aliphatic heterocycles. The van der Waals surface area contributed by atoms with Crippen LogP contribution in [0.25, 0.3) is 0 Å². The van der Waals surface area contributed by atoms with Crippen LogP contribution in [0.4, 0.5) is 0 Å². The largest absolute Gasteiger partial charge is 0.481 e. The summed E-state index contributed by atoms with van der Waals surface area (Å²) < 4.78 is 0. The van der Waals surface area contributed by atoms with Crippen molar-refractivity contribution in [3.63, 3.8) is 0 Å². The molecule has 0 aliphatic rings. The zero-order valence-corrected chi connectivity index (χ0v) is 11.3. The highest BCUT2D eigenvalue weighted by Gasteiger charge is 2.17. The van der Waals surface area contributed by atoms with Crippen molar-refractivity contribution in [3.05, 3.63) is 33.8 Å². The summed E-state index contributed by atoms with van der Waals surface area (Å²) in [6.07, 6.45) is 0.399. The molecule has 0 bridgehead atoms. The van der Waals surface area contributed by atoms with Crippen LogP contribution >= 0.6 is 23.2 Å². The second-order valence-electron chi connectivity index (χ2n) is 3.78. The van der Waals surface area contributed by atoms with E-state index in [0.29, 0.717) is 6.42 Å². The molecular weight excluding hydrogens is 277 g/mol. The topological polar surface area (TPSA) is 66.4 Å². The number of carbonyl (C=O) groups is 2. The number of carbonyl (C=O) groups excluding carboxylic acids is 1. The van der Waals surface area contributed by atoms with Crippen molar-refractivity contribution in [1.82, 2.24) is 5.32 Å². The van der Waals surface area contributed by atoms with Gasteiger partial charge in [-0.15, -0.1) is 0 Å². The van der Waals surface area contributed by atoms with Crippen LogP contribution in [0.1, 0.15) is 30.1 Å². The van der Waals surface area contributed by atoms with Gasteiger partial charge in [-0.05, 0) is 18.6 Å². The zero-order chi connectivity index (χ0) is 13.7. The van der Waals surface area contributed by atoms with Crippen LogP contribution in [0.2, 0.25) is 10.0 Å². The standard InChI is InChI=1S/C12H13Cl2NO3/c1-2-7(6-10(16)17)15-12(18)8-4-3-5-9(13)11(8)14/h3-5,7H,2,6H2,1H3,(H,15,18)(H,16,17). The molecule has 0 saturated heterocycles. The summed E-state index contributed by atoms with van der Waals surface area (Å²) in [6.45, 7) is 1.80. The Kier molecular flexibility index (Phi) is 5.44. The van der Waals surface area contributed by atoms with Crippen LogP contribution in [0.3, 0.4) is 0 Å². The average Bonchev–Trinajstić information content (AvgIpc) is 2.31. The van der Waals surface area contributed by atoms with Crippen LogP contribution in [0.5, 0.6) is 0 Å². The normalized spacial score (nSPS) is 11.9. The van der Waals surface area contributed by atoms with E-state index >= 15 is 0 Å². The van der Waals surface area contributed by atoms with Crippen molar-refractivity contribution >= 4 is 35.1 Å². The Bertz CT molecular complexity index is 463. The fraction of sp³-hybridized carbons (Fsp3) is 0.333. The Labute approximate surface area is 115 Å². The van der Waals surface area contributed by atoms with Crippen LogP contribution in [0.15, 0.2) is 18.2 Å². The molecule has 0 aromatic heterocycles. The maximum atomic E-state index is 11.9. The van der Waals surface area contributed by atoms with Gasteiger partial charge in [-0.25, -0.2) is 0 Å². The molecule has 1 unspecified atom stereocenters. The molecule has 0 heterocycles. The van der Waals surface area contributed by atoms with Gasteiger partial charge in [0.05, 0.1) is 22.0 Å². The van der Waals surface area contributed by atoms with E-state index in [0.717, 1.165) is 0 Å². The molecule has 1 aromatic rings. The first-order valence-electron chi connectivity index (χ1n) is 5.42. The van der Waals surface area contributed by atoms with Crippen molar-refractivity contribution in [2.75, 3.05) is 0 Å². The Balaban J connectivity index is 2.81. The van der Waals surface area contributed by atoms with Crippen molar-refractivity contribution in [2.45, 2.75) is 25.8 Å². The number of amides is 1. The number of carboxylic acid groups (broad SMARTS) is 1. The first-order valence-corrected chi connectivity index (χ1v) is 6.18. The Morgan fingerprint density at radius 1 is 1.39 bits per heavy atom. The van der Waals surface area contributed by atoms with Gasteiger partial charge in [0.1, 0.15) is 0 Å². The van der Waals surface area contributed by atoms with Gasteiger partial charge in [-0.2, -0.15) is 0 Å². The van der Waals surface area contributed by atoms with E-state index in [1.807, 2.05) is 0 Å². The molecule has 0 saturated carbocycles. The lowest BCUT2D eigenvalue weighted by Gasteiger charge is -2.15. The van der Waals surface area contributed by atoms with Crippen LogP contribution in [0, 0.1) is 0 Å². The minimum Gasteiger partial charge on any atom is -0.481 e. The molecule has 0 spiro atoms. The summed E-state index contributed by atoms with van der Waals surface area (Å²) in [5, 5.41) is 11.8. The third-order valence-electron chi connectivity index (χ3n) is 2.45. The first-order chi connectivity index (χ1) is 8.45. The average molecular weight is 290 g/mol. The maximum absolute atomic E-state index is 11.9. The fourth-order valence-electron chi connectivity index (χ4n) is 1.45. The van der Waals surface area contributed by atoms with Gasteiger partial charge in [0.25, 0.3) is 5.91 Å². The quantitative estimate of drug-likeness (QED) is 0.876. The van der Waals surface area contributed by atoms with Gasteiger partial charge in [0.2, 0.25) is 0 Å². The van der Waals surface area contributed by atoms with Crippen LogP contribution in [-0.4, -0.2) is 23.0 Å². The highest BCUT2D eigenvalue weighted by atomic mass is 35.5. The third-order valence-corrected chi connectivity index (χ3v) is 3.26. The lowest BCUT2D eigenvalue weighted by Crippen LogP contribution is -2.36. The number of rotatable bonds is 5. The van der Waals surface area contributed by atoms with Crippen molar-refractivity contribution in [2.24, 2.45) is 0 Å². The van der Waals surface area contributed by atoms with Crippen molar-refractivity contribution in [3.8, 4) is 0 Å². The van der Waals surface area contributed by atoms with Gasteiger partial charge in [-0.1, -0.05) is 36.2 Å². The second-order valence-corrected chi connectivity index (χ2v) is 4.56. The highest BCUT2D eigenvalue weighted by Crippen LogP contribution is 2.25. The third kappa shape index (κ3) is 3.89. The predicted octanol–water partition coefficient (Wildman–Crippen LogP) is 2.98. The fourth-order valence-corrected chi connectivity index (χ4v) is 1.84. The molecule has 0 aliphatic carbocycles. The number of aliphatic carboxylic acids is 1. The molecule has 18 heavy (non-hydrogen) atoms. The summed E-state index contributed by atoms with van der Waals surface area (Å²) in [5.74, 6) is -1.38. The highest BCUT2D eigenvalue weighted by molar-refractivity contribution is 6.43. The molecule has 2 N–H and O–H groups in total. The number of benzene rings is 1. The van der Waals surface area contributed by atoms with Gasteiger partial charge < -0.3 is 10.4 Å². The van der Waals surface area contributed by atoms with E-state index in [2.05, 4.69) is 5.32 Å². The van der Waals surface area contributed by atoms with E-state index in [1.54, 1.807) is 19.1 Å². The van der Waals surface area contributed by atoms with E-state index in [4.69, 9.17) is 28.3 Å². The SMILES string of the molecule is CCC(CC(=O)O)NC(=O)c1cccc(Cl)c1Cl. The molecule has 0 radical (unpaired) electrons. The summed E-state index contributed by atoms with van der Waals surface area (Å²) in [6, 6.07) is 4.30. The maximum Gasteiger partial charge on any atom is 0.305 e. The summed E-state index contributed by atoms with van der Waals surface area (Å²) in [7, 11) is 0. The molecule has 1 atom stereocenters. The monoisotopic (exact) mass is 289 g/mol. The first kappa shape index (κ1) is 14.8.